The summed E-state index contributed by atoms with van der Waals surface area (Å²) >= 11 is 1.38. The van der Waals surface area contributed by atoms with Gasteiger partial charge in [0.1, 0.15) is 0 Å². The maximum atomic E-state index is 12.3. The fourth-order valence-corrected chi connectivity index (χ4v) is 3.09. The van der Waals surface area contributed by atoms with Gasteiger partial charge < -0.3 is 15.4 Å². The van der Waals surface area contributed by atoms with Crippen LogP contribution in [-0.2, 0) is 11.2 Å². The minimum absolute atomic E-state index is 0.0227. The molecule has 0 saturated heterocycles. The number of carbonyl (C=O) groups excluding carboxylic acids is 1. The summed E-state index contributed by atoms with van der Waals surface area (Å²) in [7, 11) is 0. The number of imidazole rings is 1. The van der Waals surface area contributed by atoms with Crippen molar-refractivity contribution in [3.05, 3.63) is 64.6 Å². The molecular formula is C17H15N3O4S. The lowest BCUT2D eigenvalue weighted by molar-refractivity contribution is -0.136. The van der Waals surface area contributed by atoms with Crippen LogP contribution < -0.4 is 11.0 Å². The van der Waals surface area contributed by atoms with Crippen molar-refractivity contribution in [3.63, 3.8) is 0 Å². The number of benzene rings is 2. The molecule has 128 valence electrons. The molecule has 8 heteroatoms. The Bertz CT molecular complexity index is 975. The Hall–Kier alpha value is -3.00. The number of thioether (sulfide) groups is 1. The van der Waals surface area contributed by atoms with E-state index in [1.165, 1.54) is 11.8 Å². The van der Waals surface area contributed by atoms with Gasteiger partial charge in [-0.05, 0) is 29.8 Å². The molecule has 0 aliphatic rings. The first-order valence-corrected chi connectivity index (χ1v) is 8.44. The Morgan fingerprint density at radius 2 is 1.84 bits per heavy atom. The Labute approximate surface area is 146 Å². The van der Waals surface area contributed by atoms with Gasteiger partial charge in [-0.3, -0.25) is 4.79 Å². The topological polar surface area (TPSA) is 104 Å². The van der Waals surface area contributed by atoms with Crippen LogP contribution in [0, 0.1) is 0 Å². The summed E-state index contributed by atoms with van der Waals surface area (Å²) in [5.74, 6) is -0.597. The van der Waals surface area contributed by atoms with Crippen LogP contribution in [0.4, 0.5) is 4.79 Å². The summed E-state index contributed by atoms with van der Waals surface area (Å²) in [5, 5.41) is 11.4. The van der Waals surface area contributed by atoms with E-state index in [9.17, 15) is 14.4 Å². The van der Waals surface area contributed by atoms with Crippen LogP contribution in [0.5, 0.6) is 0 Å². The maximum Gasteiger partial charge on any atom is 0.334 e. The molecule has 0 aliphatic heterocycles. The lowest BCUT2D eigenvalue weighted by atomic mass is 10.2. The molecule has 3 N–H and O–H groups in total. The number of nitrogens with one attached hydrogen (secondary N) is 2. The highest BCUT2D eigenvalue weighted by molar-refractivity contribution is 7.99. The van der Waals surface area contributed by atoms with Crippen molar-refractivity contribution in [2.45, 2.75) is 11.3 Å². The summed E-state index contributed by atoms with van der Waals surface area (Å²) in [6, 6.07) is 13.5. The van der Waals surface area contributed by atoms with E-state index in [1.54, 1.807) is 48.5 Å². The van der Waals surface area contributed by atoms with Crippen LogP contribution in [0.15, 0.2) is 58.2 Å². The Kier molecular flexibility index (Phi) is 4.90. The first-order chi connectivity index (χ1) is 12.0. The molecular weight excluding hydrogens is 342 g/mol. The van der Waals surface area contributed by atoms with Crippen molar-refractivity contribution in [2.24, 2.45) is 0 Å². The normalized spacial score (nSPS) is 10.7. The average molecular weight is 357 g/mol. The highest BCUT2D eigenvalue weighted by Gasteiger charge is 2.12. The van der Waals surface area contributed by atoms with Gasteiger partial charge in [-0.15, -0.1) is 11.8 Å². The third-order valence-corrected chi connectivity index (χ3v) is 4.43. The quantitative estimate of drug-likeness (QED) is 0.480. The van der Waals surface area contributed by atoms with E-state index in [-0.39, 0.29) is 12.3 Å². The van der Waals surface area contributed by atoms with Gasteiger partial charge in [-0.25, -0.2) is 14.2 Å². The second-order valence-corrected chi connectivity index (χ2v) is 6.32. The SMILES string of the molecule is O=C(O)Cc1ccc(SCNC(=O)n2c(=O)[nH]c3ccccc32)cc1. The number of aromatic nitrogens is 2. The molecule has 2 aromatic carbocycles. The number of H-pyrrole nitrogens is 1. The van der Waals surface area contributed by atoms with Crippen LogP contribution in [0.2, 0.25) is 0 Å². The minimum Gasteiger partial charge on any atom is -0.481 e. The highest BCUT2D eigenvalue weighted by atomic mass is 32.2. The maximum absolute atomic E-state index is 12.3. The smallest absolute Gasteiger partial charge is 0.334 e. The van der Waals surface area contributed by atoms with Crippen molar-refractivity contribution in [1.82, 2.24) is 14.9 Å². The molecule has 0 unspecified atom stereocenters. The molecule has 0 aliphatic carbocycles. The molecule has 0 spiro atoms. The predicted molar refractivity (Wildman–Crippen MR) is 95.0 cm³/mol. The Balaban J connectivity index is 1.62. The van der Waals surface area contributed by atoms with Gasteiger partial charge in [-0.2, -0.15) is 0 Å². The van der Waals surface area contributed by atoms with Gasteiger partial charge in [0.25, 0.3) is 0 Å². The van der Waals surface area contributed by atoms with E-state index in [0.717, 1.165) is 9.46 Å². The second-order valence-electron chi connectivity index (χ2n) is 5.27. The Morgan fingerprint density at radius 3 is 2.56 bits per heavy atom. The van der Waals surface area contributed by atoms with Gasteiger partial charge in [-0.1, -0.05) is 24.3 Å². The van der Waals surface area contributed by atoms with Crippen LogP contribution in [-0.4, -0.2) is 32.5 Å². The predicted octanol–water partition coefficient (Wildman–Crippen LogP) is 2.26. The van der Waals surface area contributed by atoms with E-state index in [2.05, 4.69) is 10.3 Å². The van der Waals surface area contributed by atoms with Crippen molar-refractivity contribution < 1.29 is 14.7 Å². The number of hydrogen-bond acceptors (Lipinski definition) is 4. The van der Waals surface area contributed by atoms with Gasteiger partial charge in [0.2, 0.25) is 0 Å². The molecule has 0 atom stereocenters. The summed E-state index contributed by atoms with van der Waals surface area (Å²) < 4.78 is 1.06. The largest absolute Gasteiger partial charge is 0.481 e. The van der Waals surface area contributed by atoms with E-state index < -0.39 is 17.7 Å². The van der Waals surface area contributed by atoms with E-state index in [1.807, 2.05) is 0 Å². The number of aromatic amines is 1. The summed E-state index contributed by atoms with van der Waals surface area (Å²) in [4.78, 5) is 38.4. The van der Waals surface area contributed by atoms with Gasteiger partial charge in [0.05, 0.1) is 23.3 Å². The number of para-hydroxylation sites is 2. The Morgan fingerprint density at radius 1 is 1.12 bits per heavy atom. The number of fused-ring (bicyclic) bond motifs is 1. The molecule has 3 aromatic rings. The van der Waals surface area contributed by atoms with Crippen LogP contribution in [0.1, 0.15) is 5.56 Å². The van der Waals surface area contributed by atoms with E-state index >= 15 is 0 Å². The number of rotatable bonds is 5. The molecule has 0 fully saturated rings. The molecule has 1 aromatic heterocycles. The average Bonchev–Trinajstić information content (AvgIpc) is 2.91. The van der Waals surface area contributed by atoms with Gasteiger partial charge in [0, 0.05) is 4.90 Å². The third-order valence-electron chi connectivity index (χ3n) is 3.53. The first-order valence-electron chi connectivity index (χ1n) is 7.46. The van der Waals surface area contributed by atoms with E-state index in [4.69, 9.17) is 5.11 Å². The number of carboxylic acids is 1. The van der Waals surface area contributed by atoms with Crippen LogP contribution in [0.25, 0.3) is 11.0 Å². The minimum atomic E-state index is -0.878. The number of nitrogens with zero attached hydrogens (tertiary/aromatic N) is 1. The summed E-state index contributed by atoms with van der Waals surface area (Å²) in [6.07, 6.45) is -0.0227. The number of carbonyl (C=O) groups is 2. The number of amides is 1. The molecule has 0 saturated carbocycles. The fourth-order valence-electron chi connectivity index (χ4n) is 2.39. The second kappa shape index (κ2) is 7.27. The van der Waals surface area contributed by atoms with Crippen LogP contribution in [0.3, 0.4) is 0 Å². The monoisotopic (exact) mass is 357 g/mol. The van der Waals surface area contributed by atoms with Gasteiger partial charge in [0.15, 0.2) is 0 Å². The van der Waals surface area contributed by atoms with Crippen molar-refractivity contribution >= 4 is 34.8 Å². The molecule has 7 nitrogen and oxygen atoms in total. The number of aliphatic carboxylic acids is 1. The van der Waals surface area contributed by atoms with Crippen molar-refractivity contribution in [1.29, 1.82) is 0 Å². The molecule has 1 amide bonds. The highest BCUT2D eigenvalue weighted by Crippen LogP contribution is 2.17. The fraction of sp³-hybridized carbons (Fsp3) is 0.118. The summed E-state index contributed by atoms with van der Waals surface area (Å²) in [6.45, 7) is 0. The molecule has 3 rings (SSSR count). The molecule has 1 heterocycles. The zero-order chi connectivity index (χ0) is 17.8. The zero-order valence-electron chi connectivity index (χ0n) is 13.1. The molecule has 0 bridgehead atoms. The first kappa shape index (κ1) is 16.8. The van der Waals surface area contributed by atoms with E-state index in [0.29, 0.717) is 16.6 Å². The molecule has 25 heavy (non-hydrogen) atoms. The standard InChI is InChI=1S/C17H15N3O4S/c21-15(22)9-11-5-7-12(8-6-11)25-10-18-16(23)20-14-4-2-1-3-13(14)19-17(20)24/h1-8H,9-10H2,(H,18,23)(H,19,24)(H,21,22). The third kappa shape index (κ3) is 3.92. The van der Waals surface area contributed by atoms with Crippen LogP contribution >= 0.6 is 11.8 Å². The lowest BCUT2D eigenvalue weighted by Gasteiger charge is -2.06. The number of carboxylic acid groups (broad SMARTS) is 1. The summed E-state index contributed by atoms with van der Waals surface area (Å²) in [5.41, 5.74) is 1.35. The van der Waals surface area contributed by atoms with Crippen molar-refractivity contribution in [3.8, 4) is 0 Å². The number of hydrogen-bond donors (Lipinski definition) is 3. The van der Waals surface area contributed by atoms with Crippen molar-refractivity contribution in [2.75, 3.05) is 5.88 Å². The zero-order valence-corrected chi connectivity index (χ0v) is 13.9. The lowest BCUT2D eigenvalue weighted by Crippen LogP contribution is -2.34. The molecule has 0 radical (unpaired) electrons. The van der Waals surface area contributed by atoms with Gasteiger partial charge >= 0.3 is 17.7 Å².